The molecule has 0 aliphatic heterocycles. The van der Waals surface area contributed by atoms with Crippen LogP contribution in [-0.4, -0.2) is 18.5 Å². The maximum absolute atomic E-state index is 6.16. The van der Waals surface area contributed by atoms with Gasteiger partial charge in [0.2, 0.25) is 0 Å². The van der Waals surface area contributed by atoms with Crippen molar-refractivity contribution in [2.24, 2.45) is 5.73 Å². The third-order valence-corrected chi connectivity index (χ3v) is 3.37. The molecule has 1 unspecified atom stereocenters. The molecule has 0 bridgehead atoms. The third-order valence-electron chi connectivity index (χ3n) is 3.00. The summed E-state index contributed by atoms with van der Waals surface area (Å²) < 4.78 is 5.42. The highest BCUT2D eigenvalue weighted by Gasteiger charge is 2.18. The highest BCUT2D eigenvalue weighted by atomic mass is 35.5. The number of hydrogen-bond acceptors (Lipinski definition) is 3. The van der Waals surface area contributed by atoms with Gasteiger partial charge in [0, 0.05) is 18.1 Å². The molecule has 2 rings (SSSR count). The topological polar surface area (TPSA) is 42.4 Å². The molecule has 3 nitrogen and oxygen atoms in total. The van der Waals surface area contributed by atoms with Crippen LogP contribution in [0.2, 0.25) is 5.02 Å². The van der Waals surface area contributed by atoms with Crippen molar-refractivity contribution in [3.8, 4) is 0 Å². The minimum absolute atomic E-state index is 0.0660. The van der Waals surface area contributed by atoms with E-state index < -0.39 is 0 Å². The van der Waals surface area contributed by atoms with E-state index in [-0.39, 0.29) is 6.04 Å². The third kappa shape index (κ3) is 2.93. The fraction of sp³-hybridized carbons (Fsp3) is 0.286. The van der Waals surface area contributed by atoms with Gasteiger partial charge in [0.15, 0.2) is 0 Å². The number of hydrogen-bond donors (Lipinski definition) is 1. The summed E-state index contributed by atoms with van der Waals surface area (Å²) in [5.41, 5.74) is 6.91. The first-order valence-corrected chi connectivity index (χ1v) is 6.27. The van der Waals surface area contributed by atoms with E-state index in [9.17, 15) is 0 Å². The second-order valence-corrected chi connectivity index (χ2v) is 4.68. The standard InChI is InChI=1S/C14H17ClN2O/c1-17(10-11-5-2-3-6-12(11)15)13(9-16)14-7-4-8-18-14/h2-8,13H,9-10,16H2,1H3. The van der Waals surface area contributed by atoms with E-state index in [4.69, 9.17) is 21.8 Å². The molecule has 1 aromatic carbocycles. The van der Waals surface area contributed by atoms with E-state index in [2.05, 4.69) is 4.90 Å². The molecule has 2 aromatic rings. The molecule has 4 heteroatoms. The van der Waals surface area contributed by atoms with Crippen LogP contribution in [-0.2, 0) is 6.54 Å². The van der Waals surface area contributed by atoms with Crippen LogP contribution >= 0.6 is 11.6 Å². The molecule has 1 aromatic heterocycles. The SMILES string of the molecule is CN(Cc1ccccc1Cl)C(CN)c1ccco1. The molecule has 18 heavy (non-hydrogen) atoms. The molecule has 0 aliphatic carbocycles. The Morgan fingerprint density at radius 1 is 1.28 bits per heavy atom. The zero-order chi connectivity index (χ0) is 13.0. The number of furan rings is 1. The van der Waals surface area contributed by atoms with E-state index in [1.54, 1.807) is 6.26 Å². The first-order chi connectivity index (χ1) is 8.72. The highest BCUT2D eigenvalue weighted by molar-refractivity contribution is 6.31. The predicted molar refractivity (Wildman–Crippen MR) is 73.4 cm³/mol. The minimum Gasteiger partial charge on any atom is -0.468 e. The monoisotopic (exact) mass is 264 g/mol. The van der Waals surface area contributed by atoms with Gasteiger partial charge in [0.1, 0.15) is 5.76 Å². The van der Waals surface area contributed by atoms with E-state index in [1.165, 1.54) is 0 Å². The average Bonchev–Trinajstić information content (AvgIpc) is 2.87. The molecule has 0 radical (unpaired) electrons. The Morgan fingerprint density at radius 3 is 2.67 bits per heavy atom. The van der Waals surface area contributed by atoms with Gasteiger partial charge in [-0.3, -0.25) is 4.90 Å². The Bertz CT molecular complexity index is 484. The number of benzene rings is 1. The molecule has 0 amide bonds. The normalized spacial score (nSPS) is 12.9. The highest BCUT2D eigenvalue weighted by Crippen LogP contribution is 2.23. The molecule has 0 saturated heterocycles. The van der Waals surface area contributed by atoms with Gasteiger partial charge in [-0.25, -0.2) is 0 Å². The fourth-order valence-electron chi connectivity index (χ4n) is 2.00. The van der Waals surface area contributed by atoms with Crippen molar-refractivity contribution in [3.05, 3.63) is 59.0 Å². The van der Waals surface area contributed by atoms with E-state index in [1.807, 2.05) is 43.4 Å². The Labute approximate surface area is 112 Å². The van der Waals surface area contributed by atoms with Gasteiger partial charge in [0.05, 0.1) is 12.3 Å². The van der Waals surface area contributed by atoms with Crippen molar-refractivity contribution < 1.29 is 4.42 Å². The molecule has 0 saturated carbocycles. The summed E-state index contributed by atoms with van der Waals surface area (Å²) in [6.45, 7) is 1.25. The first kappa shape index (κ1) is 13.1. The number of nitrogens with two attached hydrogens (primary N) is 1. The Balaban J connectivity index is 2.11. The molecular weight excluding hydrogens is 248 g/mol. The Kier molecular flexibility index (Phi) is 4.42. The average molecular weight is 265 g/mol. The van der Waals surface area contributed by atoms with Crippen LogP contribution in [0.5, 0.6) is 0 Å². The second kappa shape index (κ2) is 6.05. The summed E-state index contributed by atoms with van der Waals surface area (Å²) >= 11 is 6.16. The number of rotatable bonds is 5. The van der Waals surface area contributed by atoms with Crippen LogP contribution in [0.3, 0.4) is 0 Å². The number of halogens is 1. The lowest BCUT2D eigenvalue weighted by Crippen LogP contribution is -2.29. The smallest absolute Gasteiger partial charge is 0.122 e. The van der Waals surface area contributed by atoms with Gasteiger partial charge in [-0.15, -0.1) is 0 Å². The summed E-state index contributed by atoms with van der Waals surface area (Å²) in [6.07, 6.45) is 1.67. The van der Waals surface area contributed by atoms with E-state index in [0.29, 0.717) is 6.54 Å². The first-order valence-electron chi connectivity index (χ1n) is 5.89. The van der Waals surface area contributed by atoms with Gasteiger partial charge in [-0.05, 0) is 30.8 Å². The predicted octanol–water partition coefficient (Wildman–Crippen LogP) is 3.06. The molecule has 0 aliphatic rings. The van der Waals surface area contributed by atoms with Crippen LogP contribution in [0.15, 0.2) is 47.1 Å². The molecule has 0 spiro atoms. The minimum atomic E-state index is 0.0660. The molecule has 1 heterocycles. The maximum atomic E-state index is 6.16. The van der Waals surface area contributed by atoms with Crippen molar-refractivity contribution in [3.63, 3.8) is 0 Å². The quantitative estimate of drug-likeness (QED) is 0.903. The largest absolute Gasteiger partial charge is 0.468 e. The lowest BCUT2D eigenvalue weighted by molar-refractivity contribution is 0.213. The summed E-state index contributed by atoms with van der Waals surface area (Å²) in [7, 11) is 2.02. The molecule has 1 atom stereocenters. The van der Waals surface area contributed by atoms with Crippen molar-refractivity contribution in [1.29, 1.82) is 0 Å². The van der Waals surface area contributed by atoms with Crippen molar-refractivity contribution in [2.45, 2.75) is 12.6 Å². The molecule has 96 valence electrons. The zero-order valence-corrected chi connectivity index (χ0v) is 11.1. The number of nitrogens with zero attached hydrogens (tertiary/aromatic N) is 1. The van der Waals surface area contributed by atoms with Gasteiger partial charge >= 0.3 is 0 Å². The maximum Gasteiger partial charge on any atom is 0.122 e. The Hall–Kier alpha value is -1.29. The van der Waals surface area contributed by atoms with Crippen molar-refractivity contribution in [1.82, 2.24) is 4.90 Å². The lowest BCUT2D eigenvalue weighted by Gasteiger charge is -2.25. The van der Waals surface area contributed by atoms with Crippen molar-refractivity contribution >= 4 is 11.6 Å². The molecule has 2 N–H and O–H groups in total. The van der Waals surface area contributed by atoms with Crippen LogP contribution < -0.4 is 5.73 Å². The number of likely N-dealkylation sites (N-methyl/N-ethyl adjacent to an activating group) is 1. The van der Waals surface area contributed by atoms with Crippen LogP contribution in [0, 0.1) is 0 Å². The summed E-state index contributed by atoms with van der Waals surface area (Å²) in [6, 6.07) is 11.7. The summed E-state index contributed by atoms with van der Waals surface area (Å²) in [5, 5.41) is 0.777. The van der Waals surface area contributed by atoms with Crippen LogP contribution in [0.4, 0.5) is 0 Å². The van der Waals surface area contributed by atoms with Gasteiger partial charge in [-0.2, -0.15) is 0 Å². The van der Waals surface area contributed by atoms with Gasteiger partial charge < -0.3 is 10.2 Å². The molecular formula is C14H17ClN2O. The van der Waals surface area contributed by atoms with Gasteiger partial charge in [0.25, 0.3) is 0 Å². The summed E-state index contributed by atoms with van der Waals surface area (Å²) in [5.74, 6) is 0.882. The molecule has 0 fully saturated rings. The fourth-order valence-corrected chi connectivity index (χ4v) is 2.20. The van der Waals surface area contributed by atoms with Crippen LogP contribution in [0.1, 0.15) is 17.4 Å². The second-order valence-electron chi connectivity index (χ2n) is 4.27. The zero-order valence-electron chi connectivity index (χ0n) is 10.3. The van der Waals surface area contributed by atoms with Crippen molar-refractivity contribution in [2.75, 3.05) is 13.6 Å². The van der Waals surface area contributed by atoms with Crippen LogP contribution in [0.25, 0.3) is 0 Å². The lowest BCUT2D eigenvalue weighted by atomic mass is 10.1. The van der Waals surface area contributed by atoms with E-state index in [0.717, 1.165) is 22.9 Å². The Morgan fingerprint density at radius 2 is 2.06 bits per heavy atom. The summed E-state index contributed by atoms with van der Waals surface area (Å²) in [4.78, 5) is 2.14. The van der Waals surface area contributed by atoms with Gasteiger partial charge in [-0.1, -0.05) is 29.8 Å². The van der Waals surface area contributed by atoms with E-state index >= 15 is 0 Å².